The zero-order valence-corrected chi connectivity index (χ0v) is 13.7. The molecule has 1 N–H and O–H groups in total. The SMILES string of the molecule is O=c1cc(C(F)(F)F)nc(Nc2ccccc2)n1CCc1ccccc1. The Morgan fingerprint density at radius 2 is 1.58 bits per heavy atom. The van der Waals surface area contributed by atoms with Gasteiger partial charge in [0.15, 0.2) is 5.69 Å². The number of hydrogen-bond donors (Lipinski definition) is 1. The van der Waals surface area contributed by atoms with Crippen LogP contribution < -0.4 is 10.9 Å². The van der Waals surface area contributed by atoms with Crippen LogP contribution in [-0.4, -0.2) is 9.55 Å². The average Bonchev–Trinajstić information content (AvgIpc) is 2.62. The second kappa shape index (κ2) is 7.43. The topological polar surface area (TPSA) is 46.9 Å². The van der Waals surface area contributed by atoms with E-state index in [1.54, 1.807) is 30.3 Å². The summed E-state index contributed by atoms with van der Waals surface area (Å²) < 4.78 is 40.3. The number of para-hydroxylation sites is 1. The fourth-order valence-electron chi connectivity index (χ4n) is 2.50. The molecule has 0 amide bonds. The van der Waals surface area contributed by atoms with Crippen molar-refractivity contribution < 1.29 is 13.2 Å². The van der Waals surface area contributed by atoms with Crippen LogP contribution in [0.25, 0.3) is 0 Å². The fourth-order valence-corrected chi connectivity index (χ4v) is 2.50. The van der Waals surface area contributed by atoms with Crippen LogP contribution in [0.15, 0.2) is 71.5 Å². The van der Waals surface area contributed by atoms with Crippen molar-refractivity contribution in [3.05, 3.63) is 88.3 Å². The van der Waals surface area contributed by atoms with Gasteiger partial charge in [0, 0.05) is 18.3 Å². The van der Waals surface area contributed by atoms with Crippen molar-refractivity contribution in [2.75, 3.05) is 5.32 Å². The third-order valence-corrected chi connectivity index (χ3v) is 3.80. The Labute approximate surface area is 147 Å². The summed E-state index contributed by atoms with van der Waals surface area (Å²) in [5.74, 6) is -0.132. The first kappa shape index (κ1) is 17.7. The summed E-state index contributed by atoms with van der Waals surface area (Å²) >= 11 is 0. The molecule has 3 rings (SSSR count). The first-order chi connectivity index (χ1) is 12.4. The molecule has 0 spiro atoms. The highest BCUT2D eigenvalue weighted by molar-refractivity contribution is 5.53. The van der Waals surface area contributed by atoms with Gasteiger partial charge in [0.25, 0.3) is 5.56 Å². The number of nitrogens with zero attached hydrogens (tertiary/aromatic N) is 2. The molecule has 0 unspecified atom stereocenters. The van der Waals surface area contributed by atoms with Gasteiger partial charge in [-0.05, 0) is 24.1 Å². The van der Waals surface area contributed by atoms with Gasteiger partial charge < -0.3 is 5.32 Å². The Morgan fingerprint density at radius 1 is 0.962 bits per heavy atom. The molecular formula is C19H16F3N3O. The minimum atomic E-state index is -4.69. The Hall–Kier alpha value is -3.09. The van der Waals surface area contributed by atoms with Gasteiger partial charge in [-0.15, -0.1) is 0 Å². The molecule has 3 aromatic rings. The number of aromatic nitrogens is 2. The number of anilines is 2. The van der Waals surface area contributed by atoms with Crippen molar-refractivity contribution in [3.8, 4) is 0 Å². The standard InChI is InChI=1S/C19H16F3N3O/c20-19(21,22)16-13-17(26)25(12-11-14-7-3-1-4-8-14)18(24-16)23-15-9-5-2-6-10-15/h1-10,13H,11-12H2,(H,23,24). The van der Waals surface area contributed by atoms with E-state index in [2.05, 4.69) is 10.3 Å². The fraction of sp³-hybridized carbons (Fsp3) is 0.158. The number of rotatable bonds is 5. The van der Waals surface area contributed by atoms with Gasteiger partial charge in [-0.25, -0.2) is 4.98 Å². The molecule has 0 aliphatic heterocycles. The monoisotopic (exact) mass is 359 g/mol. The van der Waals surface area contributed by atoms with E-state index >= 15 is 0 Å². The van der Waals surface area contributed by atoms with Crippen molar-refractivity contribution >= 4 is 11.6 Å². The predicted octanol–water partition coefficient (Wildman–Crippen LogP) is 4.25. The van der Waals surface area contributed by atoms with Crippen LogP contribution >= 0.6 is 0 Å². The second-order valence-corrected chi connectivity index (χ2v) is 5.68. The van der Waals surface area contributed by atoms with E-state index < -0.39 is 17.4 Å². The van der Waals surface area contributed by atoms with Gasteiger partial charge in [0.1, 0.15) is 0 Å². The van der Waals surface area contributed by atoms with E-state index in [1.165, 1.54) is 4.57 Å². The van der Waals surface area contributed by atoms with Gasteiger partial charge >= 0.3 is 6.18 Å². The summed E-state index contributed by atoms with van der Waals surface area (Å²) in [6, 6.07) is 18.6. The average molecular weight is 359 g/mol. The molecule has 1 aromatic heterocycles. The third kappa shape index (κ3) is 4.30. The molecule has 26 heavy (non-hydrogen) atoms. The zero-order valence-electron chi connectivity index (χ0n) is 13.7. The van der Waals surface area contributed by atoms with Gasteiger partial charge in [-0.3, -0.25) is 9.36 Å². The highest BCUT2D eigenvalue weighted by Gasteiger charge is 2.34. The second-order valence-electron chi connectivity index (χ2n) is 5.68. The lowest BCUT2D eigenvalue weighted by atomic mass is 10.1. The molecule has 0 bridgehead atoms. The van der Waals surface area contributed by atoms with Crippen LogP contribution in [0, 0.1) is 0 Å². The molecule has 1 heterocycles. The maximum absolute atomic E-state index is 13.0. The van der Waals surface area contributed by atoms with E-state index in [4.69, 9.17) is 0 Å². The third-order valence-electron chi connectivity index (χ3n) is 3.80. The number of alkyl halides is 3. The molecule has 7 heteroatoms. The molecule has 0 fully saturated rings. The predicted molar refractivity (Wildman–Crippen MR) is 93.4 cm³/mol. The zero-order chi connectivity index (χ0) is 18.6. The van der Waals surface area contributed by atoms with Crippen molar-refractivity contribution in [3.63, 3.8) is 0 Å². The smallest absolute Gasteiger partial charge is 0.326 e. The van der Waals surface area contributed by atoms with E-state index in [0.717, 1.165) is 5.56 Å². The minimum absolute atomic E-state index is 0.132. The van der Waals surface area contributed by atoms with E-state index in [-0.39, 0.29) is 12.5 Å². The first-order valence-electron chi connectivity index (χ1n) is 7.98. The van der Waals surface area contributed by atoms with Crippen molar-refractivity contribution in [1.29, 1.82) is 0 Å². The lowest BCUT2D eigenvalue weighted by Crippen LogP contribution is -2.27. The van der Waals surface area contributed by atoms with Crippen LogP contribution in [0.4, 0.5) is 24.8 Å². The van der Waals surface area contributed by atoms with Gasteiger partial charge in [0.2, 0.25) is 5.95 Å². The van der Waals surface area contributed by atoms with Crippen molar-refractivity contribution in [1.82, 2.24) is 9.55 Å². The molecule has 0 saturated carbocycles. The summed E-state index contributed by atoms with van der Waals surface area (Å²) in [5, 5.41) is 2.81. The molecule has 4 nitrogen and oxygen atoms in total. The normalized spacial score (nSPS) is 11.3. The van der Waals surface area contributed by atoms with Crippen LogP contribution in [-0.2, 0) is 19.1 Å². The molecule has 2 aromatic carbocycles. The van der Waals surface area contributed by atoms with Gasteiger partial charge in [-0.2, -0.15) is 13.2 Å². The van der Waals surface area contributed by atoms with Crippen LogP contribution in [0.5, 0.6) is 0 Å². The molecule has 0 atom stereocenters. The first-order valence-corrected chi connectivity index (χ1v) is 7.98. The molecule has 134 valence electrons. The summed E-state index contributed by atoms with van der Waals surface area (Å²) in [6.45, 7) is 0.211. The van der Waals surface area contributed by atoms with Crippen molar-refractivity contribution in [2.45, 2.75) is 19.1 Å². The summed E-state index contributed by atoms with van der Waals surface area (Å²) in [4.78, 5) is 15.9. The quantitative estimate of drug-likeness (QED) is 0.741. The van der Waals surface area contributed by atoms with Gasteiger partial charge in [-0.1, -0.05) is 48.5 Å². The maximum atomic E-state index is 13.0. The lowest BCUT2D eigenvalue weighted by Gasteiger charge is -2.16. The molecule has 0 radical (unpaired) electrons. The minimum Gasteiger partial charge on any atom is -0.326 e. The van der Waals surface area contributed by atoms with Crippen molar-refractivity contribution in [2.24, 2.45) is 0 Å². The molecule has 0 saturated heterocycles. The van der Waals surface area contributed by atoms with E-state index in [1.807, 2.05) is 30.3 Å². The van der Waals surface area contributed by atoms with Crippen LogP contribution in [0.2, 0.25) is 0 Å². The largest absolute Gasteiger partial charge is 0.433 e. The molecule has 0 aliphatic rings. The number of benzene rings is 2. The Bertz CT molecular complexity index is 922. The molecular weight excluding hydrogens is 343 g/mol. The number of aryl methyl sites for hydroxylation is 1. The summed E-state index contributed by atoms with van der Waals surface area (Å²) in [7, 11) is 0. The highest BCUT2D eigenvalue weighted by Crippen LogP contribution is 2.28. The summed E-state index contributed by atoms with van der Waals surface area (Å²) in [6.07, 6.45) is -4.19. The van der Waals surface area contributed by atoms with E-state index in [0.29, 0.717) is 18.2 Å². The maximum Gasteiger partial charge on any atom is 0.433 e. The Kier molecular flexibility index (Phi) is 5.06. The number of halogens is 3. The van der Waals surface area contributed by atoms with Crippen LogP contribution in [0.1, 0.15) is 11.3 Å². The summed E-state index contributed by atoms with van der Waals surface area (Å²) in [5.41, 5.74) is -0.435. The Balaban J connectivity index is 1.96. The van der Waals surface area contributed by atoms with E-state index in [9.17, 15) is 18.0 Å². The lowest BCUT2D eigenvalue weighted by molar-refractivity contribution is -0.141. The number of nitrogens with one attached hydrogen (secondary N) is 1. The van der Waals surface area contributed by atoms with Gasteiger partial charge in [0.05, 0.1) is 0 Å². The highest BCUT2D eigenvalue weighted by atomic mass is 19.4. The Morgan fingerprint density at radius 3 is 2.19 bits per heavy atom. The molecule has 0 aliphatic carbocycles. The van der Waals surface area contributed by atoms with Crippen LogP contribution in [0.3, 0.4) is 0 Å². The number of hydrogen-bond acceptors (Lipinski definition) is 3.